The number of hydrogen-bond acceptors (Lipinski definition) is 2. The number of rotatable bonds is 4. The highest BCUT2D eigenvalue weighted by Crippen LogP contribution is 2.22. The van der Waals surface area contributed by atoms with Gasteiger partial charge in [0, 0.05) is 35.9 Å². The van der Waals surface area contributed by atoms with Crippen LogP contribution in [0.3, 0.4) is 0 Å². The van der Waals surface area contributed by atoms with Crippen molar-refractivity contribution in [3.63, 3.8) is 0 Å². The molecule has 114 valence electrons. The molecule has 2 aromatic heterocycles. The molecule has 0 spiro atoms. The highest BCUT2D eigenvalue weighted by molar-refractivity contribution is 6.31. The van der Waals surface area contributed by atoms with Crippen LogP contribution in [-0.2, 0) is 13.5 Å². The zero-order valence-corrected chi connectivity index (χ0v) is 13.3. The van der Waals surface area contributed by atoms with E-state index in [1.54, 1.807) is 0 Å². The van der Waals surface area contributed by atoms with Crippen molar-refractivity contribution in [2.75, 3.05) is 6.54 Å². The lowest BCUT2D eigenvalue weighted by molar-refractivity contribution is 0.0946. The minimum Gasteiger partial charge on any atom is -0.466 e. The van der Waals surface area contributed by atoms with Gasteiger partial charge in [0.2, 0.25) is 0 Å². The Kier molecular flexibility index (Phi) is 3.94. The predicted octanol–water partition coefficient (Wildman–Crippen LogP) is 3.71. The van der Waals surface area contributed by atoms with Crippen molar-refractivity contribution in [1.82, 2.24) is 9.88 Å². The third-order valence-electron chi connectivity index (χ3n) is 3.69. The Labute approximate surface area is 133 Å². The lowest BCUT2D eigenvalue weighted by Gasteiger charge is -2.06. The smallest absolute Gasteiger partial charge is 0.267 e. The molecular formula is C17H17ClN2O2. The first-order valence-corrected chi connectivity index (χ1v) is 7.51. The van der Waals surface area contributed by atoms with Gasteiger partial charge >= 0.3 is 0 Å². The average Bonchev–Trinajstić information content (AvgIpc) is 3.03. The minimum absolute atomic E-state index is 0.0990. The molecule has 22 heavy (non-hydrogen) atoms. The van der Waals surface area contributed by atoms with Gasteiger partial charge in [0.05, 0.1) is 0 Å². The number of carbonyl (C=O) groups is 1. The van der Waals surface area contributed by atoms with Crippen LogP contribution in [0.5, 0.6) is 0 Å². The monoisotopic (exact) mass is 316 g/mol. The van der Waals surface area contributed by atoms with Gasteiger partial charge in [-0.15, -0.1) is 0 Å². The van der Waals surface area contributed by atoms with E-state index in [9.17, 15) is 4.79 Å². The number of amides is 1. The number of furan rings is 1. The van der Waals surface area contributed by atoms with Gasteiger partial charge in [-0.05, 0) is 37.3 Å². The van der Waals surface area contributed by atoms with Gasteiger partial charge in [-0.2, -0.15) is 0 Å². The number of hydrogen-bond donors (Lipinski definition) is 1. The van der Waals surface area contributed by atoms with Gasteiger partial charge in [-0.25, -0.2) is 0 Å². The maximum Gasteiger partial charge on any atom is 0.267 e. The fourth-order valence-electron chi connectivity index (χ4n) is 2.53. The van der Waals surface area contributed by atoms with Gasteiger partial charge in [-0.1, -0.05) is 17.7 Å². The maximum atomic E-state index is 12.3. The number of halogens is 1. The van der Waals surface area contributed by atoms with E-state index < -0.39 is 0 Å². The second-order valence-electron chi connectivity index (χ2n) is 5.31. The van der Waals surface area contributed by atoms with E-state index in [-0.39, 0.29) is 5.91 Å². The Morgan fingerprint density at radius 2 is 2.09 bits per heavy atom. The lowest BCUT2D eigenvalue weighted by Crippen LogP contribution is -2.27. The number of aryl methyl sites for hydroxylation is 2. The first-order valence-electron chi connectivity index (χ1n) is 7.13. The molecule has 0 aliphatic carbocycles. The summed E-state index contributed by atoms with van der Waals surface area (Å²) >= 11 is 6.01. The zero-order chi connectivity index (χ0) is 15.7. The number of nitrogens with one attached hydrogen (secondary N) is 1. The molecular weight excluding hydrogens is 300 g/mol. The highest BCUT2D eigenvalue weighted by atomic mass is 35.5. The summed E-state index contributed by atoms with van der Waals surface area (Å²) in [4.78, 5) is 12.3. The molecule has 1 aromatic carbocycles. The van der Waals surface area contributed by atoms with Gasteiger partial charge < -0.3 is 14.3 Å². The van der Waals surface area contributed by atoms with E-state index in [0.29, 0.717) is 23.7 Å². The summed E-state index contributed by atoms with van der Waals surface area (Å²) < 4.78 is 7.34. The van der Waals surface area contributed by atoms with Crippen LogP contribution in [0.15, 0.2) is 40.8 Å². The van der Waals surface area contributed by atoms with Gasteiger partial charge in [0.25, 0.3) is 5.91 Å². The first-order chi connectivity index (χ1) is 10.5. The quantitative estimate of drug-likeness (QED) is 0.797. The van der Waals surface area contributed by atoms with Crippen molar-refractivity contribution in [1.29, 1.82) is 0 Å². The van der Waals surface area contributed by atoms with Crippen LogP contribution in [0.25, 0.3) is 10.9 Å². The average molecular weight is 317 g/mol. The number of fused-ring (bicyclic) bond motifs is 1. The summed E-state index contributed by atoms with van der Waals surface area (Å²) in [6.07, 6.45) is 0.676. The van der Waals surface area contributed by atoms with Gasteiger partial charge in [0.15, 0.2) is 0 Å². The molecule has 0 saturated carbocycles. The van der Waals surface area contributed by atoms with Crippen molar-refractivity contribution < 1.29 is 9.21 Å². The SMILES string of the molecule is Cc1ccc(CCNC(=O)c2cc3ccc(Cl)cc3n2C)o1. The molecule has 0 radical (unpaired) electrons. The molecule has 0 saturated heterocycles. The van der Waals surface area contributed by atoms with Crippen LogP contribution in [-0.4, -0.2) is 17.0 Å². The van der Waals surface area contributed by atoms with Crippen LogP contribution in [0, 0.1) is 6.92 Å². The summed E-state index contributed by atoms with van der Waals surface area (Å²) in [5.74, 6) is 1.66. The summed E-state index contributed by atoms with van der Waals surface area (Å²) in [5.41, 5.74) is 1.56. The Morgan fingerprint density at radius 3 is 2.82 bits per heavy atom. The largest absolute Gasteiger partial charge is 0.466 e. The fourth-order valence-corrected chi connectivity index (χ4v) is 2.70. The molecule has 1 amide bonds. The molecule has 0 bridgehead atoms. The predicted molar refractivity (Wildman–Crippen MR) is 87.4 cm³/mol. The highest BCUT2D eigenvalue weighted by Gasteiger charge is 2.13. The number of carbonyl (C=O) groups excluding carboxylic acids is 1. The molecule has 4 nitrogen and oxygen atoms in total. The summed E-state index contributed by atoms with van der Waals surface area (Å²) in [6, 6.07) is 11.3. The minimum atomic E-state index is -0.0990. The van der Waals surface area contributed by atoms with E-state index in [1.165, 1.54) is 0 Å². The van der Waals surface area contributed by atoms with E-state index in [0.717, 1.165) is 22.4 Å². The van der Waals surface area contributed by atoms with Crippen LogP contribution < -0.4 is 5.32 Å². The lowest BCUT2D eigenvalue weighted by atomic mass is 10.2. The number of nitrogens with zero attached hydrogens (tertiary/aromatic N) is 1. The Balaban J connectivity index is 1.71. The van der Waals surface area contributed by atoms with E-state index in [4.69, 9.17) is 16.0 Å². The molecule has 0 fully saturated rings. The number of benzene rings is 1. The van der Waals surface area contributed by atoms with Crippen molar-refractivity contribution in [2.24, 2.45) is 7.05 Å². The van der Waals surface area contributed by atoms with E-state index in [1.807, 2.05) is 54.9 Å². The van der Waals surface area contributed by atoms with Crippen LogP contribution >= 0.6 is 11.6 Å². The van der Waals surface area contributed by atoms with E-state index >= 15 is 0 Å². The Hall–Kier alpha value is -2.20. The van der Waals surface area contributed by atoms with E-state index in [2.05, 4.69) is 5.32 Å². The standard InChI is InChI=1S/C17H17ClN2O2/c1-11-3-6-14(22-11)7-8-19-17(21)16-9-12-4-5-13(18)10-15(12)20(16)2/h3-6,9-10H,7-8H2,1-2H3,(H,19,21). The summed E-state index contributed by atoms with van der Waals surface area (Å²) in [6.45, 7) is 2.44. The van der Waals surface area contributed by atoms with Gasteiger partial charge in [0.1, 0.15) is 17.2 Å². The van der Waals surface area contributed by atoms with Crippen molar-refractivity contribution in [3.05, 3.63) is 58.6 Å². The molecule has 1 N–H and O–H groups in total. The van der Waals surface area contributed by atoms with Crippen molar-refractivity contribution >= 4 is 28.4 Å². The van der Waals surface area contributed by atoms with Crippen LogP contribution in [0.2, 0.25) is 5.02 Å². The van der Waals surface area contributed by atoms with Crippen LogP contribution in [0.4, 0.5) is 0 Å². The molecule has 2 heterocycles. The fraction of sp³-hybridized carbons (Fsp3) is 0.235. The molecule has 5 heteroatoms. The third-order valence-corrected chi connectivity index (χ3v) is 3.93. The van der Waals surface area contributed by atoms with Gasteiger partial charge in [-0.3, -0.25) is 4.79 Å². The van der Waals surface area contributed by atoms with Crippen LogP contribution in [0.1, 0.15) is 22.0 Å². The Bertz CT molecular complexity index is 832. The van der Waals surface area contributed by atoms with Crippen molar-refractivity contribution in [2.45, 2.75) is 13.3 Å². The zero-order valence-electron chi connectivity index (χ0n) is 12.5. The molecule has 3 aromatic rings. The normalized spacial score (nSPS) is 11.0. The second-order valence-corrected chi connectivity index (χ2v) is 5.75. The first kappa shape index (κ1) is 14.7. The molecule has 0 unspecified atom stereocenters. The number of aromatic nitrogens is 1. The molecule has 0 atom stereocenters. The second kappa shape index (κ2) is 5.89. The third kappa shape index (κ3) is 2.88. The van der Waals surface area contributed by atoms with Crippen molar-refractivity contribution in [3.8, 4) is 0 Å². The summed E-state index contributed by atoms with van der Waals surface area (Å²) in [7, 11) is 1.86. The Morgan fingerprint density at radius 1 is 1.27 bits per heavy atom. The summed E-state index contributed by atoms with van der Waals surface area (Å²) in [5, 5.41) is 4.58. The maximum absolute atomic E-state index is 12.3. The topological polar surface area (TPSA) is 47.2 Å². The molecule has 3 rings (SSSR count). The molecule has 0 aliphatic heterocycles. The molecule has 0 aliphatic rings.